The summed E-state index contributed by atoms with van der Waals surface area (Å²) in [5, 5.41) is 11.2. The Hall–Kier alpha value is -1.95. The third-order valence-corrected chi connectivity index (χ3v) is 12.7. The second-order valence-electron chi connectivity index (χ2n) is 11.1. The van der Waals surface area contributed by atoms with Crippen molar-refractivity contribution in [3.8, 4) is 0 Å². The minimum atomic E-state index is -1.95. The van der Waals surface area contributed by atoms with Gasteiger partial charge in [-0.1, -0.05) is 39.0 Å². The summed E-state index contributed by atoms with van der Waals surface area (Å²) >= 11 is 0. The Morgan fingerprint density at radius 1 is 1.26 bits per heavy atom. The Kier molecular flexibility index (Phi) is 4.26. The van der Waals surface area contributed by atoms with Crippen molar-refractivity contribution in [1.29, 1.82) is 0 Å². The normalized spacial score (nSPS) is 26.6. The van der Waals surface area contributed by atoms with E-state index in [1.165, 1.54) is 0 Å². The van der Waals surface area contributed by atoms with Crippen LogP contribution >= 0.6 is 0 Å². The molecule has 1 heterocycles. The number of hydrogen-bond acceptors (Lipinski definition) is 4. The number of carbonyl (C=O) groups is 1. The molecule has 3 aliphatic carbocycles. The summed E-state index contributed by atoms with van der Waals surface area (Å²) in [6, 6.07) is 2.22. The van der Waals surface area contributed by atoms with Crippen molar-refractivity contribution in [1.82, 2.24) is 0 Å². The fraction of sp³-hybridized carbons (Fsp3) is 0.500. The molecule has 0 saturated heterocycles. The van der Waals surface area contributed by atoms with Gasteiger partial charge in [-0.05, 0) is 67.1 Å². The van der Waals surface area contributed by atoms with E-state index in [-0.39, 0.29) is 16.9 Å². The zero-order valence-corrected chi connectivity index (χ0v) is 20.6. The molecule has 3 atom stereocenters. The van der Waals surface area contributed by atoms with Gasteiger partial charge in [-0.3, -0.25) is 4.79 Å². The highest BCUT2D eigenvalue weighted by atomic mass is 28.4. The van der Waals surface area contributed by atoms with Gasteiger partial charge in [0.15, 0.2) is 14.1 Å². The summed E-state index contributed by atoms with van der Waals surface area (Å²) in [4.78, 5) is 13.7. The maximum atomic E-state index is 13.7. The van der Waals surface area contributed by atoms with Gasteiger partial charge in [0.25, 0.3) is 0 Å². The number of aliphatic hydroxyl groups excluding tert-OH is 1. The lowest BCUT2D eigenvalue weighted by molar-refractivity contribution is 0.0979. The number of aliphatic hydroxyl groups is 1. The van der Waals surface area contributed by atoms with Crippen LogP contribution in [0.1, 0.15) is 89.7 Å². The molecule has 5 heteroatoms. The molecule has 0 bridgehead atoms. The molecule has 0 saturated carbocycles. The Morgan fingerprint density at radius 2 is 1.97 bits per heavy atom. The molecular weight excluding hydrogens is 404 g/mol. The first-order valence-corrected chi connectivity index (χ1v) is 14.2. The lowest BCUT2D eigenvalue weighted by atomic mass is 9.61. The fourth-order valence-electron chi connectivity index (χ4n) is 5.57. The van der Waals surface area contributed by atoms with E-state index in [9.17, 15) is 9.90 Å². The quantitative estimate of drug-likeness (QED) is 0.601. The molecule has 0 fully saturated rings. The maximum Gasteiger partial charge on any atom is 0.229 e. The predicted octanol–water partition coefficient (Wildman–Crippen LogP) is 5.84. The van der Waals surface area contributed by atoms with Crippen LogP contribution in [0.4, 0.5) is 0 Å². The summed E-state index contributed by atoms with van der Waals surface area (Å²) in [5.41, 5.74) is 6.00. The van der Waals surface area contributed by atoms with Gasteiger partial charge in [0.05, 0.1) is 23.9 Å². The first-order chi connectivity index (χ1) is 14.4. The van der Waals surface area contributed by atoms with Crippen molar-refractivity contribution in [2.24, 2.45) is 0 Å². The standard InChI is InChI=1S/C26H32O4Si/c1-14-12-17-16(9-10-18(17)30-31(6,7)25(2,3)4)20-21(14)26(5)19(27)11-8-15-13-29-24(22(15)26)23(20)28/h8,11-13,18-19,27H,9-10H2,1-7H3/t18?,19-,26?/m1/s1. The molecule has 0 spiro atoms. The van der Waals surface area contributed by atoms with Crippen molar-refractivity contribution in [2.45, 2.75) is 83.2 Å². The van der Waals surface area contributed by atoms with Crippen molar-refractivity contribution in [3.63, 3.8) is 0 Å². The molecule has 0 radical (unpaired) electrons. The van der Waals surface area contributed by atoms with Gasteiger partial charge in [0, 0.05) is 16.7 Å². The van der Waals surface area contributed by atoms with E-state index >= 15 is 0 Å². The van der Waals surface area contributed by atoms with Crippen LogP contribution < -0.4 is 0 Å². The number of furan rings is 1. The number of hydrogen-bond donors (Lipinski definition) is 1. The molecule has 0 aliphatic heterocycles. The van der Waals surface area contributed by atoms with E-state index in [4.69, 9.17) is 8.84 Å². The van der Waals surface area contributed by atoms with Gasteiger partial charge < -0.3 is 13.9 Å². The van der Waals surface area contributed by atoms with Crippen LogP contribution in [0.25, 0.3) is 6.08 Å². The summed E-state index contributed by atoms with van der Waals surface area (Å²) < 4.78 is 12.6. The van der Waals surface area contributed by atoms with Crippen LogP contribution in [0.3, 0.4) is 0 Å². The van der Waals surface area contributed by atoms with Gasteiger partial charge in [0.1, 0.15) is 0 Å². The Balaban J connectivity index is 1.70. The molecule has 31 heavy (non-hydrogen) atoms. The molecule has 1 aromatic heterocycles. The summed E-state index contributed by atoms with van der Waals surface area (Å²) in [7, 11) is -1.95. The van der Waals surface area contributed by atoms with Crippen molar-refractivity contribution >= 4 is 20.2 Å². The first kappa shape index (κ1) is 20.9. The summed E-state index contributed by atoms with van der Waals surface area (Å²) in [6.45, 7) is 15.4. The minimum absolute atomic E-state index is 0.0187. The fourth-order valence-corrected chi connectivity index (χ4v) is 6.88. The largest absolute Gasteiger partial charge is 0.460 e. The number of benzene rings is 1. The van der Waals surface area contributed by atoms with Gasteiger partial charge in [-0.15, -0.1) is 0 Å². The predicted molar refractivity (Wildman–Crippen MR) is 124 cm³/mol. The Bertz CT molecular complexity index is 1150. The van der Waals surface area contributed by atoms with Crippen molar-refractivity contribution < 1.29 is 18.7 Å². The number of carbonyl (C=O) groups excluding carboxylic acids is 1. The molecule has 1 aromatic carbocycles. The average molecular weight is 437 g/mol. The Morgan fingerprint density at radius 3 is 2.65 bits per heavy atom. The average Bonchev–Trinajstić information content (AvgIpc) is 3.27. The van der Waals surface area contributed by atoms with E-state index < -0.39 is 19.8 Å². The molecule has 5 rings (SSSR count). The van der Waals surface area contributed by atoms with E-state index in [0.717, 1.165) is 51.8 Å². The summed E-state index contributed by atoms with van der Waals surface area (Å²) in [5.74, 6) is 0.333. The topological polar surface area (TPSA) is 59.7 Å². The van der Waals surface area contributed by atoms with Crippen LogP contribution in [0, 0.1) is 6.92 Å². The summed E-state index contributed by atoms with van der Waals surface area (Å²) in [6.07, 6.45) is 6.34. The third-order valence-electron chi connectivity index (χ3n) is 8.25. The molecule has 2 aromatic rings. The number of rotatable bonds is 2. The monoisotopic (exact) mass is 436 g/mol. The highest BCUT2D eigenvalue weighted by Crippen LogP contribution is 2.53. The molecule has 4 nitrogen and oxygen atoms in total. The van der Waals surface area contributed by atoms with Crippen molar-refractivity contribution in [2.75, 3.05) is 0 Å². The smallest absolute Gasteiger partial charge is 0.229 e. The number of ketones is 1. The second-order valence-corrected chi connectivity index (χ2v) is 15.9. The number of fused-ring (bicyclic) bond motifs is 4. The van der Waals surface area contributed by atoms with Gasteiger partial charge in [-0.2, -0.15) is 0 Å². The van der Waals surface area contributed by atoms with E-state index in [2.05, 4.69) is 46.9 Å². The molecule has 164 valence electrons. The van der Waals surface area contributed by atoms with E-state index in [1.54, 1.807) is 6.26 Å². The van der Waals surface area contributed by atoms with Gasteiger partial charge in [-0.25, -0.2) is 0 Å². The van der Waals surface area contributed by atoms with Crippen LogP contribution in [0.15, 0.2) is 22.8 Å². The molecule has 1 N–H and O–H groups in total. The molecule has 0 amide bonds. The van der Waals surface area contributed by atoms with Crippen LogP contribution in [0.2, 0.25) is 18.1 Å². The van der Waals surface area contributed by atoms with E-state index in [0.29, 0.717) is 5.76 Å². The molecular formula is C26H32O4Si. The van der Waals surface area contributed by atoms with Crippen molar-refractivity contribution in [3.05, 3.63) is 63.1 Å². The molecule has 2 unspecified atom stereocenters. The van der Waals surface area contributed by atoms with Gasteiger partial charge >= 0.3 is 0 Å². The minimum Gasteiger partial charge on any atom is -0.460 e. The lowest BCUT2D eigenvalue weighted by Crippen LogP contribution is -2.44. The van der Waals surface area contributed by atoms with E-state index in [1.807, 2.05) is 19.1 Å². The first-order valence-electron chi connectivity index (χ1n) is 11.3. The third kappa shape index (κ3) is 2.63. The zero-order valence-electron chi connectivity index (χ0n) is 19.6. The van der Waals surface area contributed by atoms with Crippen LogP contribution in [-0.4, -0.2) is 25.3 Å². The number of aryl methyl sites for hydroxylation is 1. The zero-order chi connectivity index (χ0) is 22.5. The molecule has 3 aliphatic rings. The van der Waals surface area contributed by atoms with Crippen LogP contribution in [0.5, 0.6) is 0 Å². The maximum absolute atomic E-state index is 13.7. The van der Waals surface area contributed by atoms with Crippen LogP contribution in [-0.2, 0) is 16.3 Å². The highest BCUT2D eigenvalue weighted by molar-refractivity contribution is 6.74. The lowest BCUT2D eigenvalue weighted by Gasteiger charge is -2.42. The van der Waals surface area contributed by atoms with Gasteiger partial charge in [0.2, 0.25) is 5.78 Å². The second kappa shape index (κ2) is 6.30. The SMILES string of the molecule is Cc1cc2c(c3c1C1(C)c4c(coc4C3=O)C=C[C@H]1O)CCC2O[Si](C)(C)C(C)(C)C. The highest BCUT2D eigenvalue weighted by Gasteiger charge is 2.52. The Labute approximate surface area is 185 Å².